The number of hydroxylamine groups is 2. The number of ether oxygens (including phenoxy) is 2. The van der Waals surface area contributed by atoms with E-state index in [-0.39, 0.29) is 11.5 Å². The van der Waals surface area contributed by atoms with Crippen molar-refractivity contribution in [3.05, 3.63) is 59.1 Å². The van der Waals surface area contributed by atoms with Gasteiger partial charge in [0.1, 0.15) is 12.0 Å². The zero-order valence-corrected chi connectivity index (χ0v) is 16.6. The van der Waals surface area contributed by atoms with Gasteiger partial charge in [0.05, 0.1) is 0 Å². The minimum Gasteiger partial charge on any atom is -0.633 e. The molecule has 1 aromatic heterocycles. The van der Waals surface area contributed by atoms with Gasteiger partial charge in [0.15, 0.2) is 24.2 Å². The van der Waals surface area contributed by atoms with E-state index in [1.807, 2.05) is 0 Å². The van der Waals surface area contributed by atoms with Gasteiger partial charge in [-0.2, -0.15) is 0 Å². The second kappa shape index (κ2) is 8.07. The van der Waals surface area contributed by atoms with E-state index in [4.69, 9.17) is 0 Å². The third kappa shape index (κ3) is 4.05. The molecule has 9 nitrogen and oxygen atoms in total. The molecule has 1 unspecified atom stereocenters. The number of benzene rings is 1. The molecule has 0 radical (unpaired) electrons. The third-order valence-electron chi connectivity index (χ3n) is 5.24. The molecular weight excluding hydrogens is 428 g/mol. The molecule has 166 valence electrons. The normalized spacial score (nSPS) is 22.4. The number of carboxylic acid groups (broad SMARTS) is 1. The molecule has 1 saturated heterocycles. The Bertz CT molecular complexity index is 1120. The SMILES string of the molecule is C[C@H](c1ccc2c(c1)OC(F)(F)O2)[NH+]([O-])CN1C(=O)[C@H](C#Cc2ccncc2)[C@H]1C(=O)O. The molecule has 1 fully saturated rings. The average molecular weight is 445 g/mol. The number of carbonyl (C=O) groups is 2. The van der Waals surface area contributed by atoms with E-state index in [0.717, 1.165) is 4.90 Å². The van der Waals surface area contributed by atoms with Crippen molar-refractivity contribution in [3.63, 3.8) is 0 Å². The molecule has 11 heteroatoms. The van der Waals surface area contributed by atoms with Crippen LogP contribution in [0.3, 0.4) is 0 Å². The number of likely N-dealkylation sites (tertiary alicyclic amines) is 1. The summed E-state index contributed by atoms with van der Waals surface area (Å²) in [4.78, 5) is 29.0. The van der Waals surface area contributed by atoms with E-state index in [0.29, 0.717) is 11.1 Å². The lowest BCUT2D eigenvalue weighted by molar-refractivity contribution is -0.890. The van der Waals surface area contributed by atoms with Crippen molar-refractivity contribution in [2.24, 2.45) is 5.92 Å². The maximum Gasteiger partial charge on any atom is 0.586 e. The van der Waals surface area contributed by atoms with E-state index in [9.17, 15) is 28.7 Å². The van der Waals surface area contributed by atoms with Crippen LogP contribution in [0.2, 0.25) is 0 Å². The largest absolute Gasteiger partial charge is 0.633 e. The molecule has 2 aliphatic rings. The second-order valence-corrected chi connectivity index (χ2v) is 7.29. The fourth-order valence-electron chi connectivity index (χ4n) is 3.46. The van der Waals surface area contributed by atoms with Gasteiger partial charge in [-0.15, -0.1) is 8.78 Å². The van der Waals surface area contributed by atoms with Crippen LogP contribution in [0.1, 0.15) is 24.1 Å². The molecule has 0 aliphatic carbocycles. The molecule has 2 aromatic rings. The summed E-state index contributed by atoms with van der Waals surface area (Å²) >= 11 is 0. The molecule has 4 rings (SSSR count). The number of carboxylic acids is 1. The van der Waals surface area contributed by atoms with E-state index in [1.165, 1.54) is 37.5 Å². The van der Waals surface area contributed by atoms with Crippen LogP contribution in [-0.4, -0.2) is 45.9 Å². The van der Waals surface area contributed by atoms with Crippen LogP contribution >= 0.6 is 0 Å². The van der Waals surface area contributed by atoms with Crippen LogP contribution in [0.5, 0.6) is 11.5 Å². The van der Waals surface area contributed by atoms with E-state index >= 15 is 0 Å². The first-order valence-electron chi connectivity index (χ1n) is 9.53. The number of halogens is 2. The molecule has 0 bridgehead atoms. The Morgan fingerprint density at radius 2 is 2.00 bits per heavy atom. The highest BCUT2D eigenvalue weighted by Gasteiger charge is 2.52. The van der Waals surface area contributed by atoms with Crippen molar-refractivity contribution < 1.29 is 38.0 Å². The second-order valence-electron chi connectivity index (χ2n) is 7.29. The summed E-state index contributed by atoms with van der Waals surface area (Å²) in [5.41, 5.74) is 0.942. The lowest BCUT2D eigenvalue weighted by Crippen LogP contribution is -3.10. The van der Waals surface area contributed by atoms with Gasteiger partial charge in [0.2, 0.25) is 5.91 Å². The Labute approximate surface area is 180 Å². The minimum atomic E-state index is -3.78. The molecule has 4 atom stereocenters. The molecule has 1 amide bonds. The highest BCUT2D eigenvalue weighted by molar-refractivity contribution is 5.98. The van der Waals surface area contributed by atoms with Gasteiger partial charge in [-0.1, -0.05) is 11.8 Å². The van der Waals surface area contributed by atoms with Crippen LogP contribution in [0.25, 0.3) is 0 Å². The third-order valence-corrected chi connectivity index (χ3v) is 5.24. The number of nitrogens with one attached hydrogen (secondary N) is 1. The number of amides is 1. The van der Waals surface area contributed by atoms with Crippen molar-refractivity contribution >= 4 is 11.9 Å². The van der Waals surface area contributed by atoms with Gasteiger partial charge in [-0.3, -0.25) is 14.7 Å². The number of fused-ring (bicyclic) bond motifs is 1. The number of pyridine rings is 1. The van der Waals surface area contributed by atoms with Gasteiger partial charge in [-0.25, -0.2) is 4.79 Å². The summed E-state index contributed by atoms with van der Waals surface area (Å²) in [6.45, 7) is 1.08. The molecule has 2 N–H and O–H groups in total. The van der Waals surface area contributed by atoms with Gasteiger partial charge in [-0.05, 0) is 37.3 Å². The molecule has 3 heterocycles. The van der Waals surface area contributed by atoms with Crippen molar-refractivity contribution in [1.29, 1.82) is 0 Å². The number of hydrogen-bond acceptors (Lipinski definition) is 6. The number of hydrogen-bond donors (Lipinski definition) is 2. The topological polar surface area (TPSA) is 116 Å². The Hall–Kier alpha value is -3.75. The zero-order valence-electron chi connectivity index (χ0n) is 16.6. The standard InChI is InChI=1S/C21H17F2N3O6/c1-12(14-3-5-16-17(10-14)32-21(22,23)31-16)26(30)11-25-18(20(28)29)15(19(25)27)4-2-13-6-8-24-9-7-13/h3,5-10,12,15,18,26H,11H2,1H3,(H,28,29)/t12-,15-,18+/m1/s1. The van der Waals surface area contributed by atoms with Gasteiger partial charge >= 0.3 is 12.3 Å². The van der Waals surface area contributed by atoms with Crippen LogP contribution in [0.4, 0.5) is 8.78 Å². The number of rotatable bonds is 5. The number of aromatic nitrogens is 1. The van der Waals surface area contributed by atoms with Gasteiger partial charge in [0, 0.05) is 23.5 Å². The first-order chi connectivity index (χ1) is 15.2. The predicted molar refractivity (Wildman–Crippen MR) is 103 cm³/mol. The molecule has 2 aliphatic heterocycles. The number of β-lactam (4-membered cyclic amide) rings is 1. The van der Waals surface area contributed by atoms with E-state index < -0.39 is 47.9 Å². The smallest absolute Gasteiger partial charge is 0.586 e. The number of carbonyl (C=O) groups excluding carboxylic acids is 1. The molecule has 1 aromatic carbocycles. The zero-order chi connectivity index (χ0) is 23.0. The van der Waals surface area contributed by atoms with Gasteiger partial charge < -0.3 is 24.9 Å². The van der Waals surface area contributed by atoms with Crippen molar-refractivity contribution in [3.8, 4) is 23.3 Å². The number of aliphatic carboxylic acids is 1. The van der Waals surface area contributed by atoms with Crippen molar-refractivity contribution in [1.82, 2.24) is 9.88 Å². The Morgan fingerprint density at radius 1 is 1.31 bits per heavy atom. The summed E-state index contributed by atoms with van der Waals surface area (Å²) in [5.74, 6) is 2.12. The first kappa shape index (κ1) is 21.5. The van der Waals surface area contributed by atoms with Gasteiger partial charge in [0.25, 0.3) is 0 Å². The number of quaternary nitrogens is 1. The van der Waals surface area contributed by atoms with Crippen molar-refractivity contribution in [2.75, 3.05) is 6.67 Å². The first-order valence-corrected chi connectivity index (χ1v) is 9.53. The van der Waals surface area contributed by atoms with Crippen molar-refractivity contribution in [2.45, 2.75) is 25.3 Å². The average Bonchev–Trinajstić information content (AvgIpc) is 3.07. The maximum atomic E-state index is 13.2. The number of alkyl halides is 2. The quantitative estimate of drug-likeness (QED) is 0.397. The number of nitrogens with zero attached hydrogens (tertiary/aromatic N) is 2. The summed E-state index contributed by atoms with van der Waals surface area (Å²) in [5, 5.41) is 21.8. The fraction of sp³-hybridized carbons (Fsp3) is 0.286. The predicted octanol–water partition coefficient (Wildman–Crippen LogP) is 0.768. The van der Waals surface area contributed by atoms with Crippen LogP contribution in [-0.2, 0) is 9.59 Å². The summed E-state index contributed by atoms with van der Waals surface area (Å²) in [6.07, 6.45) is -0.741. The van der Waals surface area contributed by atoms with E-state index in [2.05, 4.69) is 26.3 Å². The van der Waals surface area contributed by atoms with Crippen LogP contribution < -0.4 is 14.5 Å². The molecular formula is C21H17F2N3O6. The van der Waals surface area contributed by atoms with Crippen LogP contribution in [0.15, 0.2) is 42.7 Å². The lowest BCUT2D eigenvalue weighted by atomic mass is 9.88. The minimum absolute atomic E-state index is 0.155. The van der Waals surface area contributed by atoms with E-state index in [1.54, 1.807) is 12.1 Å². The Balaban J connectivity index is 1.45. The molecule has 0 saturated carbocycles. The molecule has 32 heavy (non-hydrogen) atoms. The molecule has 0 spiro atoms. The maximum absolute atomic E-state index is 13.2. The highest BCUT2D eigenvalue weighted by Crippen LogP contribution is 2.41. The Kier molecular flexibility index (Phi) is 5.41. The lowest BCUT2D eigenvalue weighted by Gasteiger charge is -2.44. The Morgan fingerprint density at radius 3 is 2.69 bits per heavy atom. The fourth-order valence-corrected chi connectivity index (χ4v) is 3.46. The monoisotopic (exact) mass is 445 g/mol. The van der Waals surface area contributed by atoms with Crippen LogP contribution in [0, 0.1) is 23.0 Å². The summed E-state index contributed by atoms with van der Waals surface area (Å²) in [7, 11) is 0. The summed E-state index contributed by atoms with van der Waals surface area (Å²) < 4.78 is 35.1. The highest BCUT2D eigenvalue weighted by atomic mass is 19.3. The summed E-state index contributed by atoms with van der Waals surface area (Å²) in [6, 6.07) is 5.13.